The third kappa shape index (κ3) is 7.24. The first kappa shape index (κ1) is 21.8. The number of ether oxygens (including phenoxy) is 1. The average molecular weight is 376 g/mol. The fraction of sp³-hybridized carbons (Fsp3) is 0.538. The fourth-order valence-corrected chi connectivity index (χ4v) is 2.07. The molecule has 2 heterocycles. The Bertz CT molecular complexity index is 498. The number of nitrogens with zero attached hydrogens (tertiary/aromatic N) is 1. The van der Waals surface area contributed by atoms with Gasteiger partial charge < -0.3 is 15.4 Å². The van der Waals surface area contributed by atoms with E-state index >= 15 is 0 Å². The van der Waals surface area contributed by atoms with Crippen LogP contribution in [0.15, 0.2) is 18.3 Å². The van der Waals surface area contributed by atoms with Crippen LogP contribution in [0.25, 0.3) is 0 Å². The highest BCUT2D eigenvalue weighted by atomic mass is 35.5. The largest absolute Gasteiger partial charge is 0.467 e. The van der Waals surface area contributed by atoms with Gasteiger partial charge in [0.05, 0.1) is 0 Å². The summed E-state index contributed by atoms with van der Waals surface area (Å²) in [5.41, 5.74) is 0.00678. The van der Waals surface area contributed by atoms with Crippen molar-refractivity contribution in [1.29, 1.82) is 0 Å². The van der Waals surface area contributed by atoms with Gasteiger partial charge in [-0.25, -0.2) is 4.98 Å². The molecule has 0 bridgehead atoms. The molecule has 0 aliphatic carbocycles. The number of pyridine rings is 1. The second-order valence-electron chi connectivity index (χ2n) is 4.78. The van der Waals surface area contributed by atoms with Gasteiger partial charge in [-0.05, 0) is 31.5 Å². The van der Waals surface area contributed by atoms with E-state index in [-0.39, 0.29) is 42.3 Å². The van der Waals surface area contributed by atoms with Crippen LogP contribution in [0, 0.1) is 0 Å². The van der Waals surface area contributed by atoms with Gasteiger partial charge in [0, 0.05) is 18.8 Å². The maximum Gasteiger partial charge on any atom is 0.422 e. The number of hydrogen-bond donors (Lipinski definition) is 2. The van der Waals surface area contributed by atoms with Crippen LogP contribution in [-0.4, -0.2) is 42.8 Å². The highest BCUT2D eigenvalue weighted by molar-refractivity contribution is 5.96. The lowest BCUT2D eigenvalue weighted by Gasteiger charge is -2.24. The van der Waals surface area contributed by atoms with Gasteiger partial charge in [0.2, 0.25) is 5.88 Å². The average Bonchev–Trinajstić information content (AvgIpc) is 2.46. The summed E-state index contributed by atoms with van der Waals surface area (Å²) in [5.74, 6) is -0.787. The van der Waals surface area contributed by atoms with Crippen molar-refractivity contribution < 1.29 is 22.7 Å². The molecule has 1 aliphatic heterocycles. The molecular formula is C13H18Cl2F3N3O2. The summed E-state index contributed by atoms with van der Waals surface area (Å²) in [4.78, 5) is 15.8. The van der Waals surface area contributed by atoms with Crippen molar-refractivity contribution in [3.8, 4) is 5.88 Å². The Balaban J connectivity index is 0.00000242. The van der Waals surface area contributed by atoms with Crippen molar-refractivity contribution in [1.82, 2.24) is 15.6 Å². The topological polar surface area (TPSA) is 63.2 Å². The number of rotatable bonds is 4. The zero-order valence-electron chi connectivity index (χ0n) is 12.1. The normalized spacial score (nSPS) is 17.4. The van der Waals surface area contributed by atoms with Crippen LogP contribution in [0.2, 0.25) is 0 Å². The summed E-state index contributed by atoms with van der Waals surface area (Å²) >= 11 is 0. The van der Waals surface area contributed by atoms with E-state index in [9.17, 15) is 18.0 Å². The van der Waals surface area contributed by atoms with Gasteiger partial charge >= 0.3 is 6.18 Å². The smallest absolute Gasteiger partial charge is 0.422 e. The maximum absolute atomic E-state index is 12.2. The van der Waals surface area contributed by atoms with Gasteiger partial charge in [0.1, 0.15) is 5.56 Å². The van der Waals surface area contributed by atoms with E-state index in [0.29, 0.717) is 6.54 Å². The zero-order chi connectivity index (χ0) is 15.3. The Morgan fingerprint density at radius 3 is 2.78 bits per heavy atom. The minimum atomic E-state index is -4.47. The lowest BCUT2D eigenvalue weighted by Crippen LogP contribution is -2.45. The summed E-state index contributed by atoms with van der Waals surface area (Å²) in [6.07, 6.45) is -1.42. The van der Waals surface area contributed by atoms with Gasteiger partial charge in [0.15, 0.2) is 6.61 Å². The van der Waals surface area contributed by atoms with E-state index in [1.165, 1.54) is 18.3 Å². The van der Waals surface area contributed by atoms with E-state index in [0.717, 1.165) is 19.4 Å². The lowest BCUT2D eigenvalue weighted by molar-refractivity contribution is -0.154. The summed E-state index contributed by atoms with van der Waals surface area (Å²) in [5, 5.41) is 5.91. The van der Waals surface area contributed by atoms with Gasteiger partial charge in [0.25, 0.3) is 5.91 Å². The number of alkyl halides is 3. The first-order chi connectivity index (χ1) is 9.96. The van der Waals surface area contributed by atoms with Crippen molar-refractivity contribution in [2.24, 2.45) is 0 Å². The number of amides is 1. The van der Waals surface area contributed by atoms with Crippen LogP contribution < -0.4 is 15.4 Å². The number of hydrogen-bond acceptors (Lipinski definition) is 4. The zero-order valence-corrected chi connectivity index (χ0v) is 13.7. The minimum absolute atomic E-state index is 0. The summed E-state index contributed by atoms with van der Waals surface area (Å²) in [6, 6.07) is 2.83. The number of carbonyl (C=O) groups excluding carboxylic acids is 1. The van der Waals surface area contributed by atoms with E-state index in [2.05, 4.69) is 20.4 Å². The van der Waals surface area contributed by atoms with Gasteiger partial charge in [-0.3, -0.25) is 4.79 Å². The van der Waals surface area contributed by atoms with Crippen LogP contribution in [0.4, 0.5) is 13.2 Å². The molecule has 1 aliphatic rings. The molecule has 1 amide bonds. The van der Waals surface area contributed by atoms with E-state index < -0.39 is 18.7 Å². The maximum atomic E-state index is 12.2. The van der Waals surface area contributed by atoms with Gasteiger partial charge in [-0.2, -0.15) is 13.2 Å². The van der Waals surface area contributed by atoms with Crippen LogP contribution >= 0.6 is 24.8 Å². The third-order valence-electron chi connectivity index (χ3n) is 3.02. The Kier molecular flexibility index (Phi) is 9.26. The molecule has 132 valence electrons. The predicted molar refractivity (Wildman–Crippen MR) is 83.6 cm³/mol. The van der Waals surface area contributed by atoms with E-state index in [1.54, 1.807) is 0 Å². The molecule has 0 saturated carbocycles. The highest BCUT2D eigenvalue weighted by Gasteiger charge is 2.30. The number of piperidine rings is 1. The third-order valence-corrected chi connectivity index (χ3v) is 3.02. The molecule has 23 heavy (non-hydrogen) atoms. The highest BCUT2D eigenvalue weighted by Crippen LogP contribution is 2.20. The lowest BCUT2D eigenvalue weighted by atomic mass is 10.1. The van der Waals surface area contributed by atoms with Crippen LogP contribution in [0.3, 0.4) is 0 Å². The second-order valence-corrected chi connectivity index (χ2v) is 4.78. The number of carbonyl (C=O) groups is 1. The molecule has 1 aromatic heterocycles. The fourth-order valence-electron chi connectivity index (χ4n) is 2.07. The monoisotopic (exact) mass is 375 g/mol. The van der Waals surface area contributed by atoms with Crippen molar-refractivity contribution in [3.63, 3.8) is 0 Å². The first-order valence-electron chi connectivity index (χ1n) is 6.62. The molecular weight excluding hydrogens is 358 g/mol. The van der Waals surface area contributed by atoms with E-state index in [4.69, 9.17) is 0 Å². The summed E-state index contributed by atoms with van der Waals surface area (Å²) in [7, 11) is 0. The van der Waals surface area contributed by atoms with Crippen molar-refractivity contribution >= 4 is 30.7 Å². The SMILES string of the molecule is Cl.Cl.O=C(N[C@H]1CCCNC1)c1cccnc1OCC(F)(F)F. The number of aromatic nitrogens is 1. The molecule has 1 fully saturated rings. The Labute approximate surface area is 144 Å². The molecule has 2 rings (SSSR count). The van der Waals surface area contributed by atoms with Crippen molar-refractivity contribution in [2.75, 3.05) is 19.7 Å². The molecule has 1 saturated heterocycles. The second kappa shape index (κ2) is 9.79. The molecule has 10 heteroatoms. The van der Waals surface area contributed by atoms with Crippen LogP contribution in [-0.2, 0) is 0 Å². The molecule has 1 atom stereocenters. The van der Waals surface area contributed by atoms with Gasteiger partial charge in [-0.15, -0.1) is 24.8 Å². The van der Waals surface area contributed by atoms with Crippen molar-refractivity contribution in [2.45, 2.75) is 25.1 Å². The minimum Gasteiger partial charge on any atom is -0.467 e. The Morgan fingerprint density at radius 2 is 2.17 bits per heavy atom. The van der Waals surface area contributed by atoms with Crippen LogP contribution in [0.5, 0.6) is 5.88 Å². The molecule has 0 aromatic carbocycles. The molecule has 2 N–H and O–H groups in total. The number of nitrogens with one attached hydrogen (secondary N) is 2. The standard InChI is InChI=1S/C13H16F3N3O2.2ClH/c14-13(15,16)8-21-12-10(4-2-6-18-12)11(20)19-9-3-1-5-17-7-9;;/h2,4,6,9,17H,1,3,5,7-8H2,(H,19,20);2*1H/t9-;;/m0../s1. The quantitative estimate of drug-likeness (QED) is 0.847. The molecule has 1 aromatic rings. The Morgan fingerprint density at radius 1 is 1.43 bits per heavy atom. The Hall–Kier alpha value is -1.25. The summed E-state index contributed by atoms with van der Waals surface area (Å²) in [6.45, 7) is 0.0687. The first-order valence-corrected chi connectivity index (χ1v) is 6.62. The van der Waals surface area contributed by atoms with E-state index in [1.807, 2.05) is 0 Å². The predicted octanol–water partition coefficient (Wildman–Crippen LogP) is 2.35. The van der Waals surface area contributed by atoms with Crippen molar-refractivity contribution in [3.05, 3.63) is 23.9 Å². The van der Waals surface area contributed by atoms with Gasteiger partial charge in [-0.1, -0.05) is 0 Å². The summed E-state index contributed by atoms with van der Waals surface area (Å²) < 4.78 is 41.2. The molecule has 0 spiro atoms. The van der Waals surface area contributed by atoms with Crippen LogP contribution in [0.1, 0.15) is 23.2 Å². The number of halogens is 5. The molecule has 0 radical (unpaired) electrons. The molecule has 5 nitrogen and oxygen atoms in total. The molecule has 0 unspecified atom stereocenters.